The molecule has 8 nitrogen and oxygen atoms in total. The summed E-state index contributed by atoms with van der Waals surface area (Å²) < 4.78 is 0. The lowest BCUT2D eigenvalue weighted by molar-refractivity contribution is -0.385. The summed E-state index contributed by atoms with van der Waals surface area (Å²) in [6, 6.07) is 13.2. The molecule has 1 aliphatic rings. The van der Waals surface area contributed by atoms with Crippen LogP contribution in [-0.2, 0) is 0 Å². The van der Waals surface area contributed by atoms with Crippen molar-refractivity contribution in [3.8, 4) is 11.5 Å². The van der Waals surface area contributed by atoms with Gasteiger partial charge in [-0.25, -0.2) is 0 Å². The lowest BCUT2D eigenvalue weighted by Crippen LogP contribution is -2.23. The van der Waals surface area contributed by atoms with Crippen molar-refractivity contribution in [1.82, 2.24) is 0 Å². The Labute approximate surface area is 157 Å². The highest BCUT2D eigenvalue weighted by molar-refractivity contribution is 6.31. The van der Waals surface area contributed by atoms with Crippen molar-refractivity contribution >= 4 is 28.6 Å². The second kappa shape index (κ2) is 6.20. The molecule has 0 unspecified atom stereocenters. The van der Waals surface area contributed by atoms with E-state index >= 15 is 0 Å². The topological polar surface area (TPSA) is 130 Å². The summed E-state index contributed by atoms with van der Waals surface area (Å²) in [6.45, 7) is 0. The van der Waals surface area contributed by atoms with Crippen molar-refractivity contribution in [3.05, 3.63) is 87.0 Å². The van der Waals surface area contributed by atoms with Crippen LogP contribution in [0.2, 0.25) is 0 Å². The SMILES string of the molecule is O=C1c2cc(O)c(O)cc2C(=O)c2c([N+](=O)[O-])ccc(Nc3ccccc3)c21. The van der Waals surface area contributed by atoms with E-state index in [0.717, 1.165) is 18.2 Å². The van der Waals surface area contributed by atoms with Crippen LogP contribution in [0.15, 0.2) is 54.6 Å². The van der Waals surface area contributed by atoms with E-state index in [1.54, 1.807) is 30.3 Å². The first kappa shape index (κ1) is 17.2. The lowest BCUT2D eigenvalue weighted by Gasteiger charge is -2.21. The maximum atomic E-state index is 13.1. The number of anilines is 2. The Morgan fingerprint density at radius 2 is 1.39 bits per heavy atom. The van der Waals surface area contributed by atoms with E-state index in [1.807, 2.05) is 0 Å². The summed E-state index contributed by atoms with van der Waals surface area (Å²) in [5, 5.41) is 33.9. The monoisotopic (exact) mass is 376 g/mol. The normalized spacial score (nSPS) is 12.3. The number of fused-ring (bicyclic) bond motifs is 2. The van der Waals surface area contributed by atoms with Crippen molar-refractivity contribution in [2.45, 2.75) is 0 Å². The minimum absolute atomic E-state index is 0.135. The van der Waals surface area contributed by atoms with E-state index in [0.29, 0.717) is 5.69 Å². The fraction of sp³-hybridized carbons (Fsp3) is 0. The quantitative estimate of drug-likeness (QED) is 0.283. The molecule has 0 saturated carbocycles. The number of nitro benzene ring substituents is 1. The molecular formula is C20H12N2O6. The van der Waals surface area contributed by atoms with Crippen LogP contribution in [0.25, 0.3) is 0 Å². The first-order valence-electron chi connectivity index (χ1n) is 8.17. The summed E-state index contributed by atoms with van der Waals surface area (Å²) in [5.41, 5.74) is -0.502. The van der Waals surface area contributed by atoms with Gasteiger partial charge in [0, 0.05) is 22.9 Å². The summed E-state index contributed by atoms with van der Waals surface area (Å²) in [5.74, 6) is -2.60. The van der Waals surface area contributed by atoms with Gasteiger partial charge in [0.25, 0.3) is 5.69 Å². The number of aromatic hydroxyl groups is 2. The van der Waals surface area contributed by atoms with Crippen LogP contribution in [0, 0.1) is 10.1 Å². The molecule has 3 aromatic rings. The number of benzene rings is 3. The molecule has 0 aliphatic heterocycles. The van der Waals surface area contributed by atoms with Crippen LogP contribution in [0.4, 0.5) is 17.1 Å². The molecule has 0 atom stereocenters. The fourth-order valence-electron chi connectivity index (χ4n) is 3.21. The first-order chi connectivity index (χ1) is 13.4. The molecule has 4 rings (SSSR count). The van der Waals surface area contributed by atoms with Crippen molar-refractivity contribution in [3.63, 3.8) is 0 Å². The molecule has 0 radical (unpaired) electrons. The van der Waals surface area contributed by atoms with E-state index in [9.17, 15) is 29.9 Å². The Morgan fingerprint density at radius 1 is 0.821 bits per heavy atom. The number of phenolic OH excluding ortho intramolecular Hbond substituents is 2. The molecule has 0 amide bonds. The van der Waals surface area contributed by atoms with Gasteiger partial charge in [0.15, 0.2) is 17.3 Å². The van der Waals surface area contributed by atoms with Gasteiger partial charge in [-0.3, -0.25) is 19.7 Å². The van der Waals surface area contributed by atoms with Crippen LogP contribution in [0.1, 0.15) is 31.8 Å². The van der Waals surface area contributed by atoms with Gasteiger partial charge in [-0.1, -0.05) is 18.2 Å². The summed E-state index contributed by atoms with van der Waals surface area (Å²) in [7, 11) is 0. The highest BCUT2D eigenvalue weighted by Crippen LogP contribution is 2.41. The van der Waals surface area contributed by atoms with Crippen molar-refractivity contribution in [1.29, 1.82) is 0 Å². The van der Waals surface area contributed by atoms with E-state index in [2.05, 4.69) is 5.32 Å². The standard InChI is InChI=1S/C20H12N2O6/c23-15-8-11-12(9-16(15)24)20(26)18-14(22(27)28)7-6-13(17(18)19(11)25)21-10-4-2-1-3-5-10/h1-9,21,23-24H. The Balaban J connectivity index is 1.98. The Bertz CT molecular complexity index is 1170. The number of hydrogen-bond donors (Lipinski definition) is 3. The van der Waals surface area contributed by atoms with E-state index < -0.39 is 33.7 Å². The minimum Gasteiger partial charge on any atom is -0.504 e. The fourth-order valence-corrected chi connectivity index (χ4v) is 3.21. The summed E-state index contributed by atoms with van der Waals surface area (Å²) >= 11 is 0. The predicted octanol–water partition coefficient (Wildman–Crippen LogP) is 3.53. The predicted molar refractivity (Wildman–Crippen MR) is 99.5 cm³/mol. The molecule has 138 valence electrons. The van der Waals surface area contributed by atoms with Crippen LogP contribution >= 0.6 is 0 Å². The third-order valence-electron chi connectivity index (χ3n) is 4.49. The summed E-state index contributed by atoms with van der Waals surface area (Å²) in [4.78, 5) is 36.8. The zero-order chi connectivity index (χ0) is 20.0. The number of para-hydroxylation sites is 1. The zero-order valence-electron chi connectivity index (χ0n) is 14.2. The number of nitrogens with zero attached hydrogens (tertiary/aromatic N) is 1. The van der Waals surface area contributed by atoms with Gasteiger partial charge in [0.05, 0.1) is 16.2 Å². The molecular weight excluding hydrogens is 364 g/mol. The number of ketones is 2. The van der Waals surface area contributed by atoms with Crippen molar-refractivity contribution in [2.24, 2.45) is 0 Å². The zero-order valence-corrected chi connectivity index (χ0v) is 14.2. The van der Waals surface area contributed by atoms with Crippen molar-refractivity contribution < 1.29 is 24.7 Å². The number of carbonyl (C=O) groups is 2. The van der Waals surface area contributed by atoms with Gasteiger partial charge in [-0.15, -0.1) is 0 Å². The molecule has 28 heavy (non-hydrogen) atoms. The molecule has 3 N–H and O–H groups in total. The highest BCUT2D eigenvalue weighted by atomic mass is 16.6. The van der Waals surface area contributed by atoms with Gasteiger partial charge in [-0.2, -0.15) is 0 Å². The Hall–Kier alpha value is -4.20. The highest BCUT2D eigenvalue weighted by Gasteiger charge is 2.38. The summed E-state index contributed by atoms with van der Waals surface area (Å²) in [6.07, 6.45) is 0. The molecule has 0 fully saturated rings. The maximum absolute atomic E-state index is 13.1. The average Bonchev–Trinajstić information content (AvgIpc) is 2.68. The smallest absolute Gasteiger partial charge is 0.281 e. The third kappa shape index (κ3) is 2.55. The number of nitrogens with one attached hydrogen (secondary N) is 1. The third-order valence-corrected chi connectivity index (χ3v) is 4.49. The van der Waals surface area contributed by atoms with Crippen LogP contribution < -0.4 is 5.32 Å². The number of rotatable bonds is 3. The Kier molecular flexibility index (Phi) is 3.82. The molecule has 8 heteroatoms. The van der Waals surface area contributed by atoms with E-state index in [1.165, 1.54) is 6.07 Å². The molecule has 0 heterocycles. The van der Waals surface area contributed by atoms with Gasteiger partial charge in [-0.05, 0) is 30.3 Å². The number of hydrogen-bond acceptors (Lipinski definition) is 7. The maximum Gasteiger partial charge on any atom is 0.281 e. The van der Waals surface area contributed by atoms with E-state index in [-0.39, 0.29) is 27.9 Å². The molecule has 0 bridgehead atoms. The van der Waals surface area contributed by atoms with Gasteiger partial charge < -0.3 is 15.5 Å². The largest absolute Gasteiger partial charge is 0.504 e. The van der Waals surface area contributed by atoms with Gasteiger partial charge in [0.2, 0.25) is 5.78 Å². The number of carbonyl (C=O) groups excluding carboxylic acids is 2. The van der Waals surface area contributed by atoms with E-state index in [4.69, 9.17) is 0 Å². The van der Waals surface area contributed by atoms with Crippen LogP contribution in [0.5, 0.6) is 11.5 Å². The Morgan fingerprint density at radius 3 is 1.96 bits per heavy atom. The lowest BCUT2D eigenvalue weighted by atomic mass is 9.82. The molecule has 1 aliphatic carbocycles. The number of phenols is 2. The molecule has 0 saturated heterocycles. The molecule has 0 spiro atoms. The van der Waals surface area contributed by atoms with Crippen molar-refractivity contribution in [2.75, 3.05) is 5.32 Å². The van der Waals surface area contributed by atoms with Gasteiger partial charge in [0.1, 0.15) is 5.56 Å². The number of nitro groups is 1. The second-order valence-electron chi connectivity index (χ2n) is 6.18. The second-order valence-corrected chi connectivity index (χ2v) is 6.18. The van der Waals surface area contributed by atoms with Gasteiger partial charge >= 0.3 is 0 Å². The average molecular weight is 376 g/mol. The minimum atomic E-state index is -0.775. The molecule has 0 aromatic heterocycles. The van der Waals surface area contributed by atoms with Crippen LogP contribution in [-0.4, -0.2) is 26.7 Å². The van der Waals surface area contributed by atoms with Crippen LogP contribution in [0.3, 0.4) is 0 Å². The molecule has 3 aromatic carbocycles. The first-order valence-corrected chi connectivity index (χ1v) is 8.17.